The monoisotopic (exact) mass is 934 g/mol. The van der Waals surface area contributed by atoms with Gasteiger partial charge in [0.05, 0.1) is 0 Å². The topological polar surface area (TPSA) is 0 Å². The van der Waals surface area contributed by atoms with Gasteiger partial charge in [0.25, 0.3) is 0 Å². The van der Waals surface area contributed by atoms with Crippen molar-refractivity contribution in [3.63, 3.8) is 0 Å². The maximum Gasteiger partial charge on any atom is -0.00201 e. The first-order valence-corrected chi connectivity index (χ1v) is 25.7. The lowest BCUT2D eigenvalue weighted by molar-refractivity contribution is 1.60. The molecule has 0 saturated heterocycles. The Morgan fingerprint density at radius 1 is 0.149 bits per heavy atom. The van der Waals surface area contributed by atoms with Crippen LogP contribution >= 0.6 is 0 Å². The third kappa shape index (κ3) is 6.99. The van der Waals surface area contributed by atoms with E-state index in [0.717, 1.165) is 0 Å². The normalized spacial score (nSPS) is 11.8. The molecule has 0 aliphatic rings. The van der Waals surface area contributed by atoms with Gasteiger partial charge in [-0.3, -0.25) is 0 Å². The van der Waals surface area contributed by atoms with Crippen LogP contribution in [0.1, 0.15) is 0 Å². The Morgan fingerprint density at radius 2 is 0.486 bits per heavy atom. The Kier molecular flexibility index (Phi) is 9.68. The number of rotatable bonds is 6. The molecule has 342 valence electrons. The van der Waals surface area contributed by atoms with Crippen molar-refractivity contribution in [2.24, 2.45) is 0 Å². The van der Waals surface area contributed by atoms with Crippen molar-refractivity contribution >= 4 is 86.2 Å². The van der Waals surface area contributed by atoms with Crippen LogP contribution in [0.5, 0.6) is 0 Å². The lowest BCUT2D eigenvalue weighted by atomic mass is 9.84. The van der Waals surface area contributed by atoms with Crippen molar-refractivity contribution in [1.82, 2.24) is 0 Å². The first kappa shape index (κ1) is 42.1. The summed E-state index contributed by atoms with van der Waals surface area (Å²) < 4.78 is 0. The van der Waals surface area contributed by atoms with Crippen LogP contribution in [-0.2, 0) is 0 Å². The molecule has 0 fully saturated rings. The zero-order valence-corrected chi connectivity index (χ0v) is 40.6. The second-order valence-electron chi connectivity index (χ2n) is 20.0. The van der Waals surface area contributed by atoms with Crippen molar-refractivity contribution in [1.29, 1.82) is 0 Å². The average molecular weight is 935 g/mol. The Labute approximate surface area is 429 Å². The molecule has 0 heteroatoms. The van der Waals surface area contributed by atoms with E-state index in [9.17, 15) is 0 Å². The van der Waals surface area contributed by atoms with Crippen molar-refractivity contribution in [2.45, 2.75) is 0 Å². The van der Waals surface area contributed by atoms with Crippen LogP contribution in [0.15, 0.2) is 279 Å². The summed E-state index contributed by atoms with van der Waals surface area (Å²) in [5.41, 5.74) is 14.5. The summed E-state index contributed by atoms with van der Waals surface area (Å²) in [5, 5.41) is 20.1. The third-order valence-electron chi connectivity index (χ3n) is 15.8. The molecule has 0 unspecified atom stereocenters. The summed E-state index contributed by atoms with van der Waals surface area (Å²) >= 11 is 0. The second kappa shape index (κ2) is 17.0. The average Bonchev–Trinajstić information content (AvgIpc) is 3.49. The SMILES string of the molecule is c1cc(-c2ccc3c(ccc4ccccc43)c2)cc(-c2cccc3c(-c4cccc(-c5ccc6c(ccc7ccccc76)c5)c4)c4c(-c5cccc(-c6ccc7c(ccc8ccccc87)c6)c5)cccc4cc23)c1. The number of benzene rings is 15. The molecular weight excluding hydrogens is 889 g/mol. The molecule has 0 nitrogen and oxygen atoms in total. The molecule has 0 bridgehead atoms. The minimum absolute atomic E-state index is 1.19. The highest BCUT2D eigenvalue weighted by Gasteiger charge is 2.19. The van der Waals surface area contributed by atoms with Gasteiger partial charge < -0.3 is 0 Å². The van der Waals surface area contributed by atoms with E-state index >= 15 is 0 Å². The van der Waals surface area contributed by atoms with E-state index in [0.29, 0.717) is 0 Å². The molecule has 15 aromatic rings. The Bertz CT molecular complexity index is 4780. The molecule has 0 amide bonds. The lowest BCUT2D eigenvalue weighted by Crippen LogP contribution is -1.92. The highest BCUT2D eigenvalue weighted by molar-refractivity contribution is 6.20. The highest BCUT2D eigenvalue weighted by Crippen LogP contribution is 2.46. The fourth-order valence-electron chi connectivity index (χ4n) is 12.2. The van der Waals surface area contributed by atoms with Crippen LogP contribution in [0.4, 0.5) is 0 Å². The maximum absolute atomic E-state index is 2.44. The summed E-state index contributed by atoms with van der Waals surface area (Å²) in [6, 6.07) is 104. The minimum atomic E-state index is 1.19. The quantitative estimate of drug-likeness (QED) is 0.115. The molecule has 0 atom stereocenters. The summed E-state index contributed by atoms with van der Waals surface area (Å²) in [7, 11) is 0. The molecule has 0 aromatic heterocycles. The van der Waals surface area contributed by atoms with Gasteiger partial charge in [-0.05, 0) is 195 Å². The number of hydrogen-bond acceptors (Lipinski definition) is 0. The van der Waals surface area contributed by atoms with Crippen LogP contribution in [0.3, 0.4) is 0 Å². The standard InChI is InChI=1S/C74H46/c1-4-22-63-47(12-1)28-31-58-42-53(34-37-67(58)63)50-15-7-18-56(40-50)66-25-11-27-71-72(66)46-62-21-10-26-70(57-19-8-16-51(41-57)54-35-38-68-59(43-54)32-29-48-13-2-5-23-64(48)68)73(62)74(71)61-20-9-17-52(45-61)55-36-39-69-60(44-55)33-30-49-14-3-6-24-65(49)69/h1-46H. The Balaban J connectivity index is 0.912. The molecule has 15 rings (SSSR count). The Morgan fingerprint density at radius 3 is 1.00 bits per heavy atom. The van der Waals surface area contributed by atoms with Crippen molar-refractivity contribution in [2.75, 3.05) is 0 Å². The summed E-state index contributed by atoms with van der Waals surface area (Å²) in [6.07, 6.45) is 0. The first-order valence-electron chi connectivity index (χ1n) is 25.7. The predicted octanol–water partition coefficient (Wildman–Crippen LogP) is 20.9. The van der Waals surface area contributed by atoms with E-state index in [2.05, 4.69) is 279 Å². The third-order valence-corrected chi connectivity index (χ3v) is 15.8. The van der Waals surface area contributed by atoms with E-state index in [4.69, 9.17) is 0 Å². The molecule has 0 saturated carbocycles. The van der Waals surface area contributed by atoms with E-state index in [1.807, 2.05) is 0 Å². The molecule has 0 aliphatic carbocycles. The van der Waals surface area contributed by atoms with Crippen LogP contribution in [0.25, 0.3) is 153 Å². The molecular formula is C74H46. The summed E-state index contributed by atoms with van der Waals surface area (Å²) in [6.45, 7) is 0. The summed E-state index contributed by atoms with van der Waals surface area (Å²) in [5.74, 6) is 0. The molecule has 0 radical (unpaired) electrons. The number of hydrogen-bond donors (Lipinski definition) is 0. The van der Waals surface area contributed by atoms with Crippen molar-refractivity contribution in [3.8, 4) is 66.8 Å². The van der Waals surface area contributed by atoms with Crippen molar-refractivity contribution in [3.05, 3.63) is 279 Å². The largest absolute Gasteiger partial charge is 0.0616 e. The molecule has 74 heavy (non-hydrogen) atoms. The van der Waals surface area contributed by atoms with E-state index < -0.39 is 0 Å². The number of fused-ring (bicyclic) bond motifs is 11. The molecule has 15 aromatic carbocycles. The van der Waals surface area contributed by atoms with E-state index in [-0.39, 0.29) is 0 Å². The van der Waals surface area contributed by atoms with Gasteiger partial charge in [0.2, 0.25) is 0 Å². The fourth-order valence-corrected chi connectivity index (χ4v) is 12.2. The molecule has 0 aliphatic heterocycles. The Hall–Kier alpha value is -9.62. The first-order chi connectivity index (χ1) is 36.6. The van der Waals surface area contributed by atoms with Crippen LogP contribution in [0, 0.1) is 0 Å². The van der Waals surface area contributed by atoms with Crippen LogP contribution in [-0.4, -0.2) is 0 Å². The van der Waals surface area contributed by atoms with E-state index in [1.165, 1.54) is 153 Å². The van der Waals surface area contributed by atoms with E-state index in [1.54, 1.807) is 0 Å². The van der Waals surface area contributed by atoms with Crippen LogP contribution < -0.4 is 0 Å². The smallest absolute Gasteiger partial charge is 0.00201 e. The summed E-state index contributed by atoms with van der Waals surface area (Å²) in [4.78, 5) is 0. The van der Waals surface area contributed by atoms with Gasteiger partial charge in [-0.2, -0.15) is 0 Å². The van der Waals surface area contributed by atoms with Gasteiger partial charge in [-0.1, -0.05) is 237 Å². The molecule has 0 N–H and O–H groups in total. The minimum Gasteiger partial charge on any atom is -0.0616 e. The zero-order valence-electron chi connectivity index (χ0n) is 40.6. The highest BCUT2D eigenvalue weighted by atomic mass is 14.2. The fraction of sp³-hybridized carbons (Fsp3) is 0. The predicted molar refractivity (Wildman–Crippen MR) is 319 cm³/mol. The van der Waals surface area contributed by atoms with Gasteiger partial charge in [0.15, 0.2) is 0 Å². The van der Waals surface area contributed by atoms with Gasteiger partial charge >= 0.3 is 0 Å². The lowest BCUT2D eigenvalue weighted by Gasteiger charge is -2.19. The maximum atomic E-state index is 2.44. The zero-order chi connectivity index (χ0) is 48.7. The van der Waals surface area contributed by atoms with Crippen LogP contribution in [0.2, 0.25) is 0 Å². The second-order valence-corrected chi connectivity index (χ2v) is 20.0. The van der Waals surface area contributed by atoms with Gasteiger partial charge in [0.1, 0.15) is 0 Å². The molecule has 0 heterocycles. The van der Waals surface area contributed by atoms with Gasteiger partial charge in [-0.25, -0.2) is 0 Å². The van der Waals surface area contributed by atoms with Gasteiger partial charge in [0, 0.05) is 0 Å². The van der Waals surface area contributed by atoms with Gasteiger partial charge in [-0.15, -0.1) is 0 Å². The molecule has 0 spiro atoms. The van der Waals surface area contributed by atoms with Crippen molar-refractivity contribution < 1.29 is 0 Å².